The number of unbranched alkanes of at least 4 members (excludes halogenated alkanes) is 1. The number of nitrogens with zero attached hydrogens (tertiary/aromatic N) is 3. The number of fused-ring (bicyclic) bond motifs is 3. The second-order valence-electron chi connectivity index (χ2n) is 15.0. The van der Waals surface area contributed by atoms with E-state index in [0.717, 1.165) is 24.0 Å². The van der Waals surface area contributed by atoms with Gasteiger partial charge in [0.1, 0.15) is 24.4 Å². The van der Waals surface area contributed by atoms with E-state index in [4.69, 9.17) is 4.74 Å². The number of carbonyl (C=O) groups is 8. The lowest BCUT2D eigenvalue weighted by Gasteiger charge is -2.31. The van der Waals surface area contributed by atoms with E-state index < -0.39 is 90.3 Å². The predicted molar refractivity (Wildman–Crippen MR) is 205 cm³/mol. The van der Waals surface area contributed by atoms with E-state index in [-0.39, 0.29) is 48.9 Å². The Morgan fingerprint density at radius 1 is 0.967 bits per heavy atom. The number of hydrogen-bond donors (Lipinski definition) is 4. The number of nitrogens with one attached hydrogen (secondary N) is 4. The number of amides is 9. The van der Waals surface area contributed by atoms with Crippen molar-refractivity contribution in [2.45, 2.75) is 75.9 Å². The van der Waals surface area contributed by atoms with E-state index in [1.807, 2.05) is 0 Å². The van der Waals surface area contributed by atoms with Crippen LogP contribution < -0.4 is 21.3 Å². The molecule has 1 unspecified atom stereocenters. The van der Waals surface area contributed by atoms with Gasteiger partial charge in [0.2, 0.25) is 23.3 Å². The van der Waals surface area contributed by atoms with Crippen LogP contribution in [-0.2, 0) is 42.5 Å². The number of piperidine rings is 1. The van der Waals surface area contributed by atoms with Crippen molar-refractivity contribution in [2.24, 2.45) is 0 Å². The first-order valence-electron chi connectivity index (χ1n) is 19.4. The summed E-state index contributed by atoms with van der Waals surface area (Å²) in [5, 5.41) is 10.7. The summed E-state index contributed by atoms with van der Waals surface area (Å²) in [5.41, 5.74) is 0.315. The third-order valence-electron chi connectivity index (χ3n) is 11.1. The number of hydrogen-bond acceptors (Lipinski definition) is 10. The van der Waals surface area contributed by atoms with Gasteiger partial charge in [0, 0.05) is 49.4 Å². The minimum Gasteiger partial charge on any atom is -0.427 e. The Morgan fingerprint density at radius 2 is 1.70 bits per heavy atom. The molecular weight excluding hydrogens is 810 g/mol. The number of urea groups is 1. The molecule has 3 atom stereocenters. The van der Waals surface area contributed by atoms with Crippen LogP contribution in [0.15, 0.2) is 60.7 Å². The maximum atomic E-state index is 13.8. The summed E-state index contributed by atoms with van der Waals surface area (Å²) in [7, 11) is 0. The summed E-state index contributed by atoms with van der Waals surface area (Å²) in [4.78, 5) is 105. The van der Waals surface area contributed by atoms with Gasteiger partial charge in [-0.25, -0.2) is 18.9 Å². The molecule has 4 aliphatic rings. The van der Waals surface area contributed by atoms with Crippen molar-refractivity contribution in [3.05, 3.63) is 94.3 Å². The summed E-state index contributed by atoms with van der Waals surface area (Å²) in [5.74, 6) is -5.13. The molecule has 1 aliphatic carbocycles. The number of ether oxygens (including phenoxy) is 1. The lowest BCUT2D eigenvalue weighted by molar-refractivity contribution is -0.187. The topological polar surface area (TPSA) is 204 Å². The molecule has 0 saturated carbocycles. The second kappa shape index (κ2) is 16.7. The average Bonchev–Trinajstić information content (AvgIpc) is 3.79. The van der Waals surface area contributed by atoms with E-state index in [2.05, 4.69) is 21.3 Å². The number of rotatable bonds is 13. The standard InChI is InChI=1S/C41H39F4N7O9/c1-22(41(43,44)45)50(20-23-7-9-25(42)10-8-23)32(54)21-51-37(58)40(61-39(51)60)16-15-24-19-26(11-12-28(24)40)48-38(59)47-18-3-2-17-46-29-6-4-5-27-33(29)36(57)52(35(27)56)30-13-14-31(53)49-34(30)55/h4-12,19,22,30,46H,2-3,13-18,20-21H2,1H3,(H2,47,48,59)(H,49,53,55)/t22-,30?,40+/m0/s1. The Labute approximate surface area is 344 Å². The molecule has 0 bridgehead atoms. The Morgan fingerprint density at radius 3 is 2.43 bits per heavy atom. The first-order chi connectivity index (χ1) is 29.0. The fraction of sp³-hybridized carbons (Fsp3) is 0.366. The molecule has 3 aliphatic heterocycles. The fourth-order valence-electron chi connectivity index (χ4n) is 7.87. The van der Waals surface area contributed by atoms with Crippen molar-refractivity contribution in [2.75, 3.05) is 30.3 Å². The lowest BCUT2D eigenvalue weighted by Crippen LogP contribution is -2.54. The van der Waals surface area contributed by atoms with Crippen LogP contribution in [0.25, 0.3) is 0 Å². The highest BCUT2D eigenvalue weighted by molar-refractivity contribution is 6.25. The van der Waals surface area contributed by atoms with E-state index in [1.165, 1.54) is 30.3 Å². The minimum atomic E-state index is -4.85. The number of imide groups is 3. The molecule has 9 amide bonds. The van der Waals surface area contributed by atoms with Gasteiger partial charge in [0.05, 0.1) is 11.1 Å². The van der Waals surface area contributed by atoms with E-state index in [0.29, 0.717) is 51.7 Å². The molecule has 2 fully saturated rings. The Balaban J connectivity index is 0.898. The highest BCUT2D eigenvalue weighted by Crippen LogP contribution is 2.46. The maximum Gasteiger partial charge on any atom is 0.418 e. The van der Waals surface area contributed by atoms with Crippen molar-refractivity contribution in [3.63, 3.8) is 0 Å². The highest BCUT2D eigenvalue weighted by Gasteiger charge is 2.59. The predicted octanol–water partition coefficient (Wildman–Crippen LogP) is 4.34. The number of halogens is 4. The van der Waals surface area contributed by atoms with Crippen LogP contribution in [0.2, 0.25) is 0 Å². The van der Waals surface area contributed by atoms with Crippen LogP contribution in [0.1, 0.15) is 76.4 Å². The number of aryl methyl sites for hydroxylation is 1. The molecule has 61 heavy (non-hydrogen) atoms. The third-order valence-corrected chi connectivity index (χ3v) is 11.1. The Kier molecular flexibility index (Phi) is 11.5. The quantitative estimate of drug-likeness (QED) is 0.109. The number of carbonyl (C=O) groups excluding carboxylic acids is 8. The monoisotopic (exact) mass is 849 g/mol. The summed E-state index contributed by atoms with van der Waals surface area (Å²) < 4.78 is 60.4. The van der Waals surface area contributed by atoms with E-state index in [9.17, 15) is 55.9 Å². The summed E-state index contributed by atoms with van der Waals surface area (Å²) >= 11 is 0. The van der Waals surface area contributed by atoms with Crippen molar-refractivity contribution >= 4 is 58.9 Å². The molecule has 20 heteroatoms. The number of benzene rings is 3. The van der Waals surface area contributed by atoms with Crippen LogP contribution in [0.3, 0.4) is 0 Å². The zero-order valence-corrected chi connectivity index (χ0v) is 32.5. The summed E-state index contributed by atoms with van der Waals surface area (Å²) in [6.07, 6.45) is -4.70. The molecule has 4 N–H and O–H groups in total. The number of anilines is 2. The van der Waals surface area contributed by atoms with Crippen molar-refractivity contribution in [1.29, 1.82) is 0 Å². The summed E-state index contributed by atoms with van der Waals surface area (Å²) in [6, 6.07) is 9.93. The third kappa shape index (κ3) is 8.33. The van der Waals surface area contributed by atoms with Crippen molar-refractivity contribution in [1.82, 2.24) is 25.3 Å². The molecule has 1 spiro atoms. The lowest BCUT2D eigenvalue weighted by atomic mass is 9.94. The summed E-state index contributed by atoms with van der Waals surface area (Å²) in [6.45, 7) is -0.184. The van der Waals surface area contributed by atoms with Crippen LogP contribution in [0.5, 0.6) is 0 Å². The normalized spacial score (nSPS) is 20.0. The molecule has 3 aromatic carbocycles. The highest BCUT2D eigenvalue weighted by atomic mass is 19.4. The number of alkyl halides is 3. The van der Waals surface area contributed by atoms with Gasteiger partial charge in [-0.3, -0.25) is 39.0 Å². The molecule has 0 aromatic heterocycles. The minimum absolute atomic E-state index is 0.00575. The van der Waals surface area contributed by atoms with Crippen LogP contribution in [0.4, 0.5) is 38.5 Å². The van der Waals surface area contributed by atoms with Crippen molar-refractivity contribution < 1.29 is 60.7 Å². The molecule has 7 rings (SSSR count). The molecule has 0 radical (unpaired) electrons. The van der Waals surface area contributed by atoms with Gasteiger partial charge in [-0.15, -0.1) is 0 Å². The first kappa shape index (κ1) is 42.3. The average molecular weight is 850 g/mol. The molecule has 3 aromatic rings. The van der Waals surface area contributed by atoms with Gasteiger partial charge in [-0.05, 0) is 80.1 Å². The largest absolute Gasteiger partial charge is 0.427 e. The van der Waals surface area contributed by atoms with Gasteiger partial charge < -0.3 is 25.6 Å². The molecule has 320 valence electrons. The molecule has 2 saturated heterocycles. The molecular formula is C41H39F4N7O9. The maximum absolute atomic E-state index is 13.8. The SMILES string of the molecule is C[C@H](N(Cc1ccc(F)cc1)C(=O)CN1C(=O)O[C@@]2(CCc3cc(NC(=O)NCCCCNc4cccc5c4C(=O)N(C4CCC(=O)NC4=O)C5=O)ccc32)C1=O)C(F)(F)F. The van der Waals surface area contributed by atoms with Gasteiger partial charge in [-0.1, -0.05) is 24.3 Å². The Hall–Kier alpha value is -6.86. The second-order valence-corrected chi connectivity index (χ2v) is 15.0. The smallest absolute Gasteiger partial charge is 0.418 e. The van der Waals surface area contributed by atoms with Crippen LogP contribution in [-0.4, -0.2) is 100 Å². The fourth-order valence-corrected chi connectivity index (χ4v) is 7.87. The van der Waals surface area contributed by atoms with Gasteiger partial charge in [0.15, 0.2) is 0 Å². The first-order valence-corrected chi connectivity index (χ1v) is 19.4. The van der Waals surface area contributed by atoms with Gasteiger partial charge >= 0.3 is 18.3 Å². The van der Waals surface area contributed by atoms with Gasteiger partial charge in [-0.2, -0.15) is 13.2 Å². The van der Waals surface area contributed by atoms with Gasteiger partial charge in [0.25, 0.3) is 17.7 Å². The molecule has 16 nitrogen and oxygen atoms in total. The zero-order chi connectivity index (χ0) is 43.8. The molecule has 3 heterocycles. The van der Waals surface area contributed by atoms with Crippen LogP contribution in [0, 0.1) is 5.82 Å². The van der Waals surface area contributed by atoms with E-state index >= 15 is 0 Å². The van der Waals surface area contributed by atoms with E-state index in [1.54, 1.807) is 18.2 Å². The van der Waals surface area contributed by atoms with Crippen molar-refractivity contribution in [3.8, 4) is 0 Å². The Bertz CT molecular complexity index is 2340. The van der Waals surface area contributed by atoms with Crippen LogP contribution >= 0.6 is 0 Å². The zero-order valence-electron chi connectivity index (χ0n) is 32.5.